The number of carbonyl (C=O) groups is 3. The number of hydrogen-bond donors (Lipinski definition) is 0. The topological polar surface area (TPSA) is 79.8 Å². The van der Waals surface area contributed by atoms with Gasteiger partial charge in [-0.15, -0.1) is 0 Å². The molecule has 238 valence electrons. The van der Waals surface area contributed by atoms with Crippen LogP contribution in [0.3, 0.4) is 0 Å². The van der Waals surface area contributed by atoms with Crippen molar-refractivity contribution < 1.29 is 19.1 Å². The Hall–Kier alpha value is -1.81. The second kappa shape index (κ2) is 15.7. The number of ether oxygens (including phenoxy) is 1. The van der Waals surface area contributed by atoms with Crippen LogP contribution in [-0.4, -0.2) is 72.3 Å². The summed E-state index contributed by atoms with van der Waals surface area (Å²) in [5, 5.41) is 0.755. The molecular formula is C34H42Br2ClN3O4. The molecule has 44 heavy (non-hydrogen) atoms. The van der Waals surface area contributed by atoms with E-state index < -0.39 is 0 Å². The zero-order chi connectivity index (χ0) is 31.2. The van der Waals surface area contributed by atoms with Gasteiger partial charge in [-0.2, -0.15) is 0 Å². The van der Waals surface area contributed by atoms with Crippen molar-refractivity contribution in [2.24, 2.45) is 11.8 Å². The van der Waals surface area contributed by atoms with E-state index >= 15 is 0 Å². The maximum absolute atomic E-state index is 13.3. The molecule has 2 fully saturated rings. The Morgan fingerprint density at radius 2 is 1.64 bits per heavy atom. The third-order valence-electron chi connectivity index (χ3n) is 9.70. The standard InChI is InChI=1S/C34H42Br2ClN3O4/c1-44-31(43)6-4-2-3-5-30(42)40-15-11-22(12-16-40)29(41)21-39-13-9-23(10-14-39)33-32-24(18-27(37)19-28(32)36)7-8-25-17-26(35)20-38-34(25)33/h17-20,22-23,33H,2-16,21H2,1H3/t33-/m1/s1. The van der Waals surface area contributed by atoms with Gasteiger partial charge in [0.15, 0.2) is 0 Å². The Labute approximate surface area is 282 Å². The largest absolute Gasteiger partial charge is 0.469 e. The van der Waals surface area contributed by atoms with E-state index in [9.17, 15) is 14.4 Å². The van der Waals surface area contributed by atoms with Gasteiger partial charge in [-0.25, -0.2) is 0 Å². The highest BCUT2D eigenvalue weighted by atomic mass is 79.9. The van der Waals surface area contributed by atoms with Gasteiger partial charge >= 0.3 is 5.97 Å². The van der Waals surface area contributed by atoms with Crippen molar-refractivity contribution in [1.82, 2.24) is 14.8 Å². The van der Waals surface area contributed by atoms with E-state index in [1.165, 1.54) is 29.5 Å². The summed E-state index contributed by atoms with van der Waals surface area (Å²) in [6.45, 7) is 3.59. The van der Waals surface area contributed by atoms with Crippen molar-refractivity contribution in [3.05, 3.63) is 60.7 Å². The van der Waals surface area contributed by atoms with Gasteiger partial charge in [0.2, 0.25) is 5.91 Å². The van der Waals surface area contributed by atoms with Crippen LogP contribution in [0.2, 0.25) is 5.02 Å². The number of rotatable bonds is 10. The van der Waals surface area contributed by atoms with Crippen molar-refractivity contribution in [2.45, 2.75) is 76.5 Å². The van der Waals surface area contributed by atoms with Crippen LogP contribution in [-0.2, 0) is 32.0 Å². The van der Waals surface area contributed by atoms with Gasteiger partial charge in [-0.3, -0.25) is 24.3 Å². The number of esters is 1. The molecule has 0 unspecified atom stereocenters. The molecule has 2 aromatic rings. The smallest absolute Gasteiger partial charge is 0.305 e. The minimum Gasteiger partial charge on any atom is -0.469 e. The second-order valence-electron chi connectivity index (χ2n) is 12.5. The average molecular weight is 752 g/mol. The number of unbranched alkanes of at least 4 members (excludes halogenated alkanes) is 2. The first-order valence-corrected chi connectivity index (χ1v) is 17.9. The maximum atomic E-state index is 13.3. The number of nitrogens with zero attached hydrogens (tertiary/aromatic N) is 3. The molecule has 5 rings (SSSR count). The van der Waals surface area contributed by atoms with Crippen molar-refractivity contribution in [3.63, 3.8) is 0 Å². The summed E-state index contributed by atoms with van der Waals surface area (Å²) in [5.41, 5.74) is 5.08. The Bertz CT molecular complexity index is 1360. The first-order valence-electron chi connectivity index (χ1n) is 15.9. The Morgan fingerprint density at radius 3 is 2.36 bits per heavy atom. The first-order chi connectivity index (χ1) is 21.2. The van der Waals surface area contributed by atoms with E-state index in [0.717, 1.165) is 84.8 Å². The number of aromatic nitrogens is 1. The fourth-order valence-corrected chi connectivity index (χ4v) is 8.76. The summed E-state index contributed by atoms with van der Waals surface area (Å²) in [6, 6.07) is 6.35. The number of hydrogen-bond acceptors (Lipinski definition) is 6. The number of methoxy groups -OCH3 is 1. The number of halogens is 3. The van der Waals surface area contributed by atoms with Gasteiger partial charge in [0.25, 0.3) is 0 Å². The molecule has 1 aliphatic carbocycles. The van der Waals surface area contributed by atoms with Crippen LogP contribution < -0.4 is 0 Å². The Morgan fingerprint density at radius 1 is 0.932 bits per heavy atom. The molecule has 2 aliphatic heterocycles. The van der Waals surface area contributed by atoms with Gasteiger partial charge < -0.3 is 9.64 Å². The minimum absolute atomic E-state index is 0.0285. The molecular weight excluding hydrogens is 710 g/mol. The molecule has 10 heteroatoms. The Balaban J connectivity index is 1.12. The predicted octanol–water partition coefficient (Wildman–Crippen LogP) is 7.13. The molecule has 0 radical (unpaired) electrons. The van der Waals surface area contributed by atoms with Gasteiger partial charge in [0.1, 0.15) is 5.78 Å². The molecule has 0 bridgehead atoms. The van der Waals surface area contributed by atoms with Gasteiger partial charge in [-0.1, -0.05) is 34.0 Å². The molecule has 3 aliphatic rings. The quantitative estimate of drug-likeness (QED) is 0.190. The van der Waals surface area contributed by atoms with Gasteiger partial charge in [-0.05, 0) is 121 Å². The summed E-state index contributed by atoms with van der Waals surface area (Å²) in [5.74, 6) is 0.919. The number of ketones is 1. The van der Waals surface area contributed by atoms with Gasteiger partial charge in [0, 0.05) is 57.9 Å². The average Bonchev–Trinajstić information content (AvgIpc) is 3.17. The lowest BCUT2D eigenvalue weighted by molar-refractivity contribution is -0.140. The van der Waals surface area contributed by atoms with Crippen molar-refractivity contribution in [2.75, 3.05) is 39.8 Å². The van der Waals surface area contributed by atoms with Crippen LogP contribution in [0.1, 0.15) is 86.1 Å². The zero-order valence-electron chi connectivity index (χ0n) is 25.5. The maximum Gasteiger partial charge on any atom is 0.305 e. The number of piperidine rings is 2. The third kappa shape index (κ3) is 8.31. The summed E-state index contributed by atoms with van der Waals surface area (Å²) < 4.78 is 6.73. The predicted molar refractivity (Wildman–Crippen MR) is 179 cm³/mol. The molecule has 1 amide bonds. The molecule has 7 nitrogen and oxygen atoms in total. The lowest BCUT2D eigenvalue weighted by atomic mass is 9.76. The second-order valence-corrected chi connectivity index (χ2v) is 14.7. The first kappa shape index (κ1) is 33.6. The number of amides is 1. The highest BCUT2D eigenvalue weighted by molar-refractivity contribution is 9.10. The van der Waals surface area contributed by atoms with E-state index in [2.05, 4.69) is 53.6 Å². The van der Waals surface area contributed by atoms with Gasteiger partial charge in [0.05, 0.1) is 19.3 Å². The molecule has 1 aromatic carbocycles. The Kier molecular flexibility index (Phi) is 11.9. The van der Waals surface area contributed by atoms with Crippen LogP contribution in [0.15, 0.2) is 33.3 Å². The monoisotopic (exact) mass is 749 g/mol. The van der Waals surface area contributed by atoms with Crippen LogP contribution in [0.25, 0.3) is 0 Å². The lowest BCUT2D eigenvalue weighted by Gasteiger charge is -2.38. The highest BCUT2D eigenvalue weighted by Gasteiger charge is 2.36. The molecule has 0 spiro atoms. The number of aryl methyl sites for hydroxylation is 2. The number of carbonyl (C=O) groups excluding carboxylic acids is 3. The zero-order valence-corrected chi connectivity index (χ0v) is 29.4. The van der Waals surface area contributed by atoms with Crippen molar-refractivity contribution >= 4 is 61.1 Å². The summed E-state index contributed by atoms with van der Waals surface area (Å²) in [4.78, 5) is 46.4. The number of fused-ring (bicyclic) bond motifs is 2. The third-order valence-corrected chi connectivity index (χ3v) is 11.0. The number of benzene rings is 1. The van der Waals surface area contributed by atoms with Crippen LogP contribution in [0.5, 0.6) is 0 Å². The van der Waals surface area contributed by atoms with Crippen LogP contribution in [0, 0.1) is 11.8 Å². The fourth-order valence-electron chi connectivity index (χ4n) is 7.26. The molecule has 1 aromatic heterocycles. The highest BCUT2D eigenvalue weighted by Crippen LogP contribution is 2.46. The minimum atomic E-state index is -0.201. The molecule has 2 saturated heterocycles. The van der Waals surface area contributed by atoms with E-state index in [0.29, 0.717) is 44.2 Å². The summed E-state index contributed by atoms with van der Waals surface area (Å²) in [7, 11) is 1.40. The number of likely N-dealkylation sites (tertiary alicyclic amines) is 2. The number of Topliss-reactive ketones (excluding diaryl/α,β-unsaturated/α-hetero) is 1. The molecule has 1 atom stereocenters. The lowest BCUT2D eigenvalue weighted by Crippen LogP contribution is -2.44. The van der Waals surface area contributed by atoms with E-state index in [1.54, 1.807) is 0 Å². The van der Waals surface area contributed by atoms with E-state index in [-0.39, 0.29) is 23.7 Å². The van der Waals surface area contributed by atoms with Crippen molar-refractivity contribution in [3.8, 4) is 0 Å². The summed E-state index contributed by atoms with van der Waals surface area (Å²) >= 11 is 14.0. The normalized spacial score (nSPS) is 19.6. The van der Waals surface area contributed by atoms with E-state index in [1.807, 2.05) is 17.2 Å². The van der Waals surface area contributed by atoms with Crippen LogP contribution in [0.4, 0.5) is 0 Å². The molecule has 0 N–H and O–H groups in total. The fraction of sp³-hybridized carbons (Fsp3) is 0.588. The number of pyridine rings is 1. The SMILES string of the molecule is COC(=O)CCCCCC(=O)N1CCC(C(=O)CN2CCC([C@H]3c4ncc(Br)cc4CCc4cc(Cl)cc(Br)c43)CC2)CC1. The molecule has 0 saturated carbocycles. The van der Waals surface area contributed by atoms with E-state index in [4.69, 9.17) is 16.6 Å². The van der Waals surface area contributed by atoms with Crippen LogP contribution >= 0.6 is 43.5 Å². The summed E-state index contributed by atoms with van der Waals surface area (Å²) in [6.07, 6.45) is 10.6. The molecule has 3 heterocycles. The van der Waals surface area contributed by atoms with Crippen molar-refractivity contribution in [1.29, 1.82) is 0 Å².